The molecule has 0 radical (unpaired) electrons. The number of rotatable bonds is 2. The lowest BCUT2D eigenvalue weighted by Crippen LogP contribution is -2.55. The first kappa shape index (κ1) is 16.0. The average molecular weight is 302 g/mol. The van der Waals surface area contributed by atoms with Crippen LogP contribution in [0.2, 0.25) is 0 Å². The number of hydrogen-bond donors (Lipinski definition) is 0. The molecule has 1 saturated heterocycles. The van der Waals surface area contributed by atoms with Gasteiger partial charge < -0.3 is 4.90 Å². The van der Waals surface area contributed by atoms with Crippen LogP contribution in [0.15, 0.2) is 0 Å². The first-order chi connectivity index (χ1) is 8.59. The predicted molar refractivity (Wildman–Crippen MR) is 58.7 cm³/mol. The molecule has 0 aromatic carbocycles. The van der Waals surface area contributed by atoms with Gasteiger partial charge in [0.05, 0.1) is 6.07 Å². The fraction of sp³-hybridized carbons (Fsp3) is 0.800. The normalized spacial score (nSPS) is 19.9. The maximum Gasteiger partial charge on any atom is 0.463 e. The van der Waals surface area contributed by atoms with E-state index in [-0.39, 0.29) is 25.9 Å². The third-order valence-electron chi connectivity index (χ3n) is 3.08. The molecule has 0 N–H and O–H groups in total. The number of nitrogens with zero attached hydrogens (tertiary/aromatic N) is 2. The molecule has 0 atom stereocenters. The summed E-state index contributed by atoms with van der Waals surface area (Å²) in [6.45, 7) is -0.558. The van der Waals surface area contributed by atoms with Gasteiger partial charge in [-0.3, -0.25) is 4.79 Å². The number of carbonyl (C=O) groups excluding carboxylic acids is 1. The van der Waals surface area contributed by atoms with E-state index >= 15 is 0 Å². The Bertz CT molecular complexity index is 396. The van der Waals surface area contributed by atoms with E-state index in [1.807, 2.05) is 6.07 Å². The van der Waals surface area contributed by atoms with Crippen LogP contribution in [-0.4, -0.2) is 47.0 Å². The van der Waals surface area contributed by atoms with Gasteiger partial charge in [-0.2, -0.15) is 27.2 Å². The molecule has 3 nitrogen and oxygen atoms in total. The largest absolute Gasteiger partial charge is 0.463 e. The molecule has 0 aromatic rings. The molecule has 0 aliphatic carbocycles. The van der Waals surface area contributed by atoms with Crippen LogP contribution in [0.5, 0.6) is 0 Å². The molecule has 0 saturated carbocycles. The number of piperidine rings is 1. The number of likely N-dealkylation sites (tertiary alicyclic amines) is 1. The van der Waals surface area contributed by atoms with Crippen LogP contribution in [0.3, 0.4) is 0 Å². The molecule has 0 spiro atoms. The topological polar surface area (TPSA) is 44.1 Å². The molecule has 1 amide bonds. The second kappa shape index (κ2) is 5.15. The molecule has 1 fully saturated rings. The number of thioether (sulfide) groups is 1. The van der Waals surface area contributed by atoms with E-state index in [0.29, 0.717) is 4.90 Å². The molecule has 0 unspecified atom stereocenters. The monoisotopic (exact) mass is 302 g/mol. The highest BCUT2D eigenvalue weighted by Gasteiger charge is 2.64. The van der Waals surface area contributed by atoms with E-state index in [1.165, 1.54) is 11.8 Å². The molecule has 108 valence electrons. The quantitative estimate of drug-likeness (QED) is 0.736. The lowest BCUT2D eigenvalue weighted by Gasteiger charge is -2.37. The zero-order chi connectivity index (χ0) is 14.9. The Morgan fingerprint density at radius 1 is 1.26 bits per heavy atom. The van der Waals surface area contributed by atoms with Crippen molar-refractivity contribution in [2.45, 2.75) is 29.7 Å². The fourth-order valence-corrected chi connectivity index (χ4v) is 2.43. The van der Waals surface area contributed by atoms with Crippen molar-refractivity contribution in [2.24, 2.45) is 0 Å². The van der Waals surface area contributed by atoms with Gasteiger partial charge in [-0.1, -0.05) is 0 Å². The van der Waals surface area contributed by atoms with Crippen molar-refractivity contribution in [2.75, 3.05) is 19.3 Å². The Labute approximate surface area is 110 Å². The second-order valence-corrected chi connectivity index (χ2v) is 5.36. The zero-order valence-electron chi connectivity index (χ0n) is 9.93. The van der Waals surface area contributed by atoms with Gasteiger partial charge >= 0.3 is 18.0 Å². The van der Waals surface area contributed by atoms with E-state index in [9.17, 15) is 26.7 Å². The summed E-state index contributed by atoms with van der Waals surface area (Å²) in [5, 5.41) is 8.95. The summed E-state index contributed by atoms with van der Waals surface area (Å²) in [6.07, 6.45) is -4.09. The lowest BCUT2D eigenvalue weighted by atomic mass is 9.97. The number of halogens is 5. The first-order valence-corrected chi connectivity index (χ1v) is 6.52. The van der Waals surface area contributed by atoms with Gasteiger partial charge in [0.2, 0.25) is 0 Å². The number of alkyl halides is 5. The molecule has 0 aromatic heterocycles. The van der Waals surface area contributed by atoms with Gasteiger partial charge in [0, 0.05) is 13.1 Å². The molecular formula is C10H11F5N2OS. The van der Waals surface area contributed by atoms with Crippen LogP contribution in [0.25, 0.3) is 0 Å². The SMILES string of the molecule is CSC1(C#N)CCN(C(=O)C(F)(F)C(F)(F)F)CC1. The van der Waals surface area contributed by atoms with E-state index in [1.54, 1.807) is 6.26 Å². The average Bonchev–Trinajstić information content (AvgIpc) is 2.36. The fourth-order valence-electron chi connectivity index (χ4n) is 1.75. The molecule has 1 aliphatic rings. The highest BCUT2D eigenvalue weighted by molar-refractivity contribution is 8.00. The summed E-state index contributed by atoms with van der Waals surface area (Å²) in [5.74, 6) is -7.62. The van der Waals surface area contributed by atoms with Crippen LogP contribution in [-0.2, 0) is 4.79 Å². The van der Waals surface area contributed by atoms with Crippen molar-refractivity contribution in [1.82, 2.24) is 4.90 Å². The summed E-state index contributed by atoms with van der Waals surface area (Å²) < 4.78 is 61.1. The molecule has 1 rings (SSSR count). The highest BCUT2D eigenvalue weighted by atomic mass is 32.2. The summed E-state index contributed by atoms with van der Waals surface area (Å²) in [6, 6.07) is 2.01. The molecule has 0 bridgehead atoms. The lowest BCUT2D eigenvalue weighted by molar-refractivity contribution is -0.274. The van der Waals surface area contributed by atoms with E-state index < -0.39 is 22.8 Å². The summed E-state index contributed by atoms with van der Waals surface area (Å²) in [7, 11) is 0. The van der Waals surface area contributed by atoms with Crippen LogP contribution in [0.1, 0.15) is 12.8 Å². The summed E-state index contributed by atoms with van der Waals surface area (Å²) in [4.78, 5) is 11.7. The molecule has 1 heterocycles. The van der Waals surface area contributed by atoms with Crippen LogP contribution < -0.4 is 0 Å². The molecule has 1 aliphatic heterocycles. The van der Waals surface area contributed by atoms with Gasteiger partial charge in [-0.15, -0.1) is 11.8 Å². The Morgan fingerprint density at radius 2 is 1.74 bits per heavy atom. The van der Waals surface area contributed by atoms with E-state index in [0.717, 1.165) is 0 Å². The van der Waals surface area contributed by atoms with Crippen molar-refractivity contribution < 1.29 is 26.7 Å². The summed E-state index contributed by atoms with van der Waals surface area (Å²) in [5.41, 5.74) is 0. The Balaban J connectivity index is 2.77. The van der Waals surface area contributed by atoms with Crippen LogP contribution in [0, 0.1) is 11.3 Å². The van der Waals surface area contributed by atoms with Crippen LogP contribution in [0.4, 0.5) is 22.0 Å². The summed E-state index contributed by atoms with van der Waals surface area (Å²) >= 11 is 1.21. The highest BCUT2D eigenvalue weighted by Crippen LogP contribution is 2.39. The number of carbonyl (C=O) groups is 1. The van der Waals surface area contributed by atoms with Crippen LogP contribution >= 0.6 is 11.8 Å². The van der Waals surface area contributed by atoms with Gasteiger partial charge in [0.15, 0.2) is 0 Å². The van der Waals surface area contributed by atoms with Crippen molar-refractivity contribution >= 4 is 17.7 Å². The molecule has 9 heteroatoms. The third-order valence-corrected chi connectivity index (χ3v) is 4.36. The van der Waals surface area contributed by atoms with Crippen molar-refractivity contribution in [3.8, 4) is 6.07 Å². The number of nitriles is 1. The van der Waals surface area contributed by atoms with Crippen molar-refractivity contribution in [3.63, 3.8) is 0 Å². The standard InChI is InChI=1S/C10H11F5N2OS/c1-19-8(6-16)2-4-17(5-3-8)7(18)9(11,12)10(13,14)15/h2-5H2,1H3. The zero-order valence-corrected chi connectivity index (χ0v) is 10.7. The molecular weight excluding hydrogens is 291 g/mol. The van der Waals surface area contributed by atoms with Gasteiger partial charge in [-0.05, 0) is 19.1 Å². The van der Waals surface area contributed by atoms with Gasteiger partial charge in [0.1, 0.15) is 4.75 Å². The Kier molecular flexibility index (Phi) is 4.34. The van der Waals surface area contributed by atoms with E-state index in [4.69, 9.17) is 5.26 Å². The minimum absolute atomic E-state index is 0.0738. The number of hydrogen-bond acceptors (Lipinski definition) is 3. The Hall–Kier alpha value is -1.04. The first-order valence-electron chi connectivity index (χ1n) is 5.30. The Morgan fingerprint density at radius 3 is 2.05 bits per heavy atom. The van der Waals surface area contributed by atoms with E-state index in [2.05, 4.69) is 0 Å². The molecule has 19 heavy (non-hydrogen) atoms. The predicted octanol–water partition coefficient (Wildman–Crippen LogP) is 2.43. The third kappa shape index (κ3) is 2.94. The smallest absolute Gasteiger partial charge is 0.337 e. The van der Waals surface area contributed by atoms with Gasteiger partial charge in [-0.25, -0.2) is 0 Å². The van der Waals surface area contributed by atoms with Crippen molar-refractivity contribution in [1.29, 1.82) is 5.26 Å². The minimum Gasteiger partial charge on any atom is -0.337 e. The maximum atomic E-state index is 12.9. The number of amides is 1. The van der Waals surface area contributed by atoms with Crippen molar-refractivity contribution in [3.05, 3.63) is 0 Å². The minimum atomic E-state index is -5.90. The van der Waals surface area contributed by atoms with Gasteiger partial charge in [0.25, 0.3) is 0 Å². The second-order valence-electron chi connectivity index (χ2n) is 4.17. The maximum absolute atomic E-state index is 12.9.